The Morgan fingerprint density at radius 2 is 2.33 bits per heavy atom. The average molecular weight is 293 g/mol. The first-order chi connectivity index (χ1) is 8.44. The summed E-state index contributed by atoms with van der Waals surface area (Å²) >= 11 is 1.41. The quantitative estimate of drug-likeness (QED) is 0.704. The molecule has 0 saturated heterocycles. The van der Waals surface area contributed by atoms with Crippen LogP contribution in [0.5, 0.6) is 0 Å². The second-order valence-electron chi connectivity index (χ2n) is 3.49. The van der Waals surface area contributed by atoms with Crippen LogP contribution in [0.15, 0.2) is 16.8 Å². The first kappa shape index (κ1) is 15.1. The maximum atomic E-state index is 11.5. The average Bonchev–Trinajstić information content (AvgIpc) is 2.79. The standard InChI is InChI=1S/C10H15NO5S2/c1-2-16-10(13)7-18(14,15)11-5-9(12)8-3-4-17-6-8/h3-4,6,9,11-12H,2,5,7H2,1H3. The van der Waals surface area contributed by atoms with E-state index < -0.39 is 27.8 Å². The molecule has 1 heterocycles. The van der Waals surface area contributed by atoms with E-state index in [0.29, 0.717) is 5.56 Å². The van der Waals surface area contributed by atoms with Crippen LogP contribution < -0.4 is 4.72 Å². The third-order valence-corrected chi connectivity index (χ3v) is 3.96. The van der Waals surface area contributed by atoms with Crippen molar-refractivity contribution in [3.8, 4) is 0 Å². The molecule has 0 aliphatic heterocycles. The highest BCUT2D eigenvalue weighted by Crippen LogP contribution is 2.15. The molecule has 0 radical (unpaired) electrons. The van der Waals surface area contributed by atoms with E-state index in [2.05, 4.69) is 9.46 Å². The number of thiophene rings is 1. The van der Waals surface area contributed by atoms with Crippen LogP contribution in [0.1, 0.15) is 18.6 Å². The van der Waals surface area contributed by atoms with Crippen LogP contribution in [-0.2, 0) is 19.6 Å². The van der Waals surface area contributed by atoms with Crippen molar-refractivity contribution in [3.05, 3.63) is 22.4 Å². The smallest absolute Gasteiger partial charge is 0.322 e. The highest BCUT2D eigenvalue weighted by molar-refractivity contribution is 7.90. The summed E-state index contributed by atoms with van der Waals surface area (Å²) in [5, 5.41) is 13.2. The summed E-state index contributed by atoms with van der Waals surface area (Å²) in [6.07, 6.45) is -0.923. The van der Waals surface area contributed by atoms with E-state index in [1.807, 2.05) is 0 Å². The normalized spacial score (nSPS) is 13.2. The van der Waals surface area contributed by atoms with Gasteiger partial charge >= 0.3 is 5.97 Å². The Kier molecular flexibility index (Phi) is 5.73. The fraction of sp³-hybridized carbons (Fsp3) is 0.500. The number of carbonyl (C=O) groups excluding carboxylic acids is 1. The fourth-order valence-corrected chi connectivity index (χ4v) is 2.81. The summed E-state index contributed by atoms with van der Waals surface area (Å²) in [5.74, 6) is -1.55. The van der Waals surface area contributed by atoms with Crippen molar-refractivity contribution < 1.29 is 23.1 Å². The molecule has 1 atom stereocenters. The summed E-state index contributed by atoms with van der Waals surface area (Å²) in [4.78, 5) is 11.0. The summed E-state index contributed by atoms with van der Waals surface area (Å²) in [6.45, 7) is 1.56. The molecule has 8 heteroatoms. The predicted molar refractivity (Wildman–Crippen MR) is 67.7 cm³/mol. The maximum absolute atomic E-state index is 11.5. The van der Waals surface area contributed by atoms with Gasteiger partial charge in [0.2, 0.25) is 10.0 Å². The minimum Gasteiger partial charge on any atom is -0.465 e. The molecule has 0 fully saturated rings. The van der Waals surface area contributed by atoms with E-state index in [4.69, 9.17) is 0 Å². The van der Waals surface area contributed by atoms with Gasteiger partial charge in [-0.25, -0.2) is 13.1 Å². The molecule has 1 rings (SSSR count). The zero-order chi connectivity index (χ0) is 13.6. The van der Waals surface area contributed by atoms with Crippen LogP contribution in [0, 0.1) is 0 Å². The lowest BCUT2D eigenvalue weighted by atomic mass is 10.2. The number of aliphatic hydroxyl groups excluding tert-OH is 1. The minimum absolute atomic E-state index is 0.131. The van der Waals surface area contributed by atoms with E-state index in [1.54, 1.807) is 23.8 Å². The lowest BCUT2D eigenvalue weighted by Crippen LogP contribution is -2.33. The molecule has 0 aliphatic rings. The topological polar surface area (TPSA) is 92.7 Å². The van der Waals surface area contributed by atoms with Gasteiger partial charge < -0.3 is 9.84 Å². The molecule has 0 saturated carbocycles. The van der Waals surface area contributed by atoms with Crippen molar-refractivity contribution >= 4 is 27.3 Å². The molecule has 2 N–H and O–H groups in total. The largest absolute Gasteiger partial charge is 0.465 e. The number of carbonyl (C=O) groups is 1. The third kappa shape index (κ3) is 5.13. The lowest BCUT2D eigenvalue weighted by molar-refractivity contribution is -0.139. The molecule has 102 valence electrons. The van der Waals surface area contributed by atoms with Gasteiger partial charge in [0.25, 0.3) is 0 Å². The van der Waals surface area contributed by atoms with Crippen LogP contribution in [0.3, 0.4) is 0 Å². The molecule has 1 aromatic rings. The van der Waals surface area contributed by atoms with Gasteiger partial charge in [0.05, 0.1) is 12.7 Å². The fourth-order valence-electron chi connectivity index (χ4n) is 1.20. The van der Waals surface area contributed by atoms with Crippen molar-refractivity contribution in [2.45, 2.75) is 13.0 Å². The molecule has 0 aliphatic carbocycles. The number of nitrogens with one attached hydrogen (secondary N) is 1. The highest BCUT2D eigenvalue weighted by atomic mass is 32.2. The number of rotatable bonds is 7. The van der Waals surface area contributed by atoms with Gasteiger partial charge in [0.1, 0.15) is 0 Å². The van der Waals surface area contributed by atoms with Gasteiger partial charge in [-0.2, -0.15) is 11.3 Å². The van der Waals surface area contributed by atoms with Crippen molar-refractivity contribution in [3.63, 3.8) is 0 Å². The molecule has 0 spiro atoms. The first-order valence-corrected chi connectivity index (χ1v) is 7.87. The van der Waals surface area contributed by atoms with Gasteiger partial charge in [-0.3, -0.25) is 4.79 Å². The van der Waals surface area contributed by atoms with Crippen LogP contribution in [0.2, 0.25) is 0 Å². The Hall–Kier alpha value is -0.960. The van der Waals surface area contributed by atoms with Crippen LogP contribution >= 0.6 is 11.3 Å². The molecule has 18 heavy (non-hydrogen) atoms. The minimum atomic E-state index is -3.77. The monoisotopic (exact) mass is 293 g/mol. The SMILES string of the molecule is CCOC(=O)CS(=O)(=O)NCC(O)c1ccsc1. The molecular weight excluding hydrogens is 278 g/mol. The van der Waals surface area contributed by atoms with Gasteiger partial charge in [-0.15, -0.1) is 0 Å². The van der Waals surface area contributed by atoms with Crippen molar-refractivity contribution in [2.24, 2.45) is 0 Å². The van der Waals surface area contributed by atoms with Crippen LogP contribution in [0.4, 0.5) is 0 Å². The van der Waals surface area contributed by atoms with Crippen molar-refractivity contribution in [1.82, 2.24) is 4.72 Å². The Labute approximate surface area is 110 Å². The van der Waals surface area contributed by atoms with Crippen molar-refractivity contribution in [2.75, 3.05) is 18.9 Å². The van der Waals surface area contributed by atoms with Gasteiger partial charge in [0.15, 0.2) is 5.75 Å². The van der Waals surface area contributed by atoms with E-state index >= 15 is 0 Å². The second kappa shape index (κ2) is 6.83. The summed E-state index contributed by atoms with van der Waals surface area (Å²) < 4.78 is 29.6. The van der Waals surface area contributed by atoms with Gasteiger partial charge in [0, 0.05) is 6.54 Å². The van der Waals surface area contributed by atoms with Crippen LogP contribution in [-0.4, -0.2) is 38.4 Å². The Balaban J connectivity index is 2.44. The first-order valence-electron chi connectivity index (χ1n) is 5.27. The number of sulfonamides is 1. The molecular formula is C10H15NO5S2. The summed E-state index contributed by atoms with van der Waals surface area (Å²) in [7, 11) is -3.77. The maximum Gasteiger partial charge on any atom is 0.322 e. The van der Waals surface area contributed by atoms with E-state index in [-0.39, 0.29) is 13.2 Å². The highest BCUT2D eigenvalue weighted by Gasteiger charge is 2.19. The number of hydrogen-bond donors (Lipinski definition) is 2. The third-order valence-electron chi connectivity index (χ3n) is 2.04. The number of esters is 1. The molecule has 1 aromatic heterocycles. The number of aliphatic hydroxyl groups is 1. The van der Waals surface area contributed by atoms with Crippen LogP contribution in [0.25, 0.3) is 0 Å². The Bertz CT molecular complexity index is 468. The summed E-state index contributed by atoms with van der Waals surface area (Å²) in [6, 6.07) is 1.70. The molecule has 0 bridgehead atoms. The second-order valence-corrected chi connectivity index (χ2v) is 6.07. The van der Waals surface area contributed by atoms with Gasteiger partial charge in [-0.1, -0.05) is 0 Å². The van der Waals surface area contributed by atoms with E-state index in [9.17, 15) is 18.3 Å². The lowest BCUT2D eigenvalue weighted by Gasteiger charge is -2.10. The number of hydrogen-bond acceptors (Lipinski definition) is 6. The molecule has 0 aromatic carbocycles. The zero-order valence-electron chi connectivity index (χ0n) is 9.83. The number of ether oxygens (including phenoxy) is 1. The zero-order valence-corrected chi connectivity index (χ0v) is 11.5. The predicted octanol–water partition coefficient (Wildman–Crippen LogP) is 0.264. The van der Waals surface area contributed by atoms with E-state index in [1.165, 1.54) is 11.3 Å². The Morgan fingerprint density at radius 1 is 1.61 bits per heavy atom. The molecule has 6 nitrogen and oxygen atoms in total. The molecule has 0 amide bonds. The van der Waals surface area contributed by atoms with E-state index in [0.717, 1.165) is 0 Å². The summed E-state index contributed by atoms with van der Waals surface area (Å²) in [5.41, 5.74) is 0.638. The van der Waals surface area contributed by atoms with Crippen molar-refractivity contribution in [1.29, 1.82) is 0 Å². The van der Waals surface area contributed by atoms with Gasteiger partial charge in [-0.05, 0) is 29.3 Å². The molecule has 1 unspecified atom stereocenters. The Morgan fingerprint density at radius 3 is 2.89 bits per heavy atom.